The zero-order valence-electron chi connectivity index (χ0n) is 19.6. The number of thiophene rings is 1. The normalized spacial score (nSPS) is 15.2. The van der Waals surface area contributed by atoms with Crippen molar-refractivity contribution in [3.8, 4) is 0 Å². The summed E-state index contributed by atoms with van der Waals surface area (Å²) in [7, 11) is 1.94. The van der Waals surface area contributed by atoms with E-state index in [-0.39, 0.29) is 11.7 Å². The van der Waals surface area contributed by atoms with Gasteiger partial charge in [0.15, 0.2) is 0 Å². The second-order valence-electron chi connectivity index (χ2n) is 9.05. The molecule has 5 rings (SSSR count). The van der Waals surface area contributed by atoms with Crippen LogP contribution in [0.25, 0.3) is 21.0 Å². The maximum absolute atomic E-state index is 13.5. The first-order valence-corrected chi connectivity index (χ1v) is 12.9. The van der Waals surface area contributed by atoms with Crippen LogP contribution < -0.4 is 10.2 Å². The molecule has 1 amide bonds. The maximum Gasteiger partial charge on any atom is 0.267 e. The number of halogens is 1. The van der Waals surface area contributed by atoms with Crippen molar-refractivity contribution in [3.63, 3.8) is 0 Å². The summed E-state index contributed by atoms with van der Waals surface area (Å²) in [6.45, 7) is 5.88. The molecule has 1 aliphatic heterocycles. The van der Waals surface area contributed by atoms with E-state index in [0.29, 0.717) is 12.2 Å². The van der Waals surface area contributed by atoms with Gasteiger partial charge in [0, 0.05) is 59.6 Å². The van der Waals surface area contributed by atoms with Crippen LogP contribution >= 0.6 is 11.3 Å². The first kappa shape index (κ1) is 22.9. The van der Waals surface area contributed by atoms with Crippen LogP contribution in [0, 0.1) is 5.82 Å². The smallest absolute Gasteiger partial charge is 0.267 e. The number of nitrogens with zero attached hydrogens (tertiary/aromatic N) is 3. The predicted octanol–water partition coefficient (Wildman–Crippen LogP) is 5.25. The lowest BCUT2D eigenvalue weighted by molar-refractivity contribution is 0.0945. The standard InChI is InChI=1S/C27H31FN4OS/c1-30-23-8-3-2-7-20(23)17-24(30)27(33)29-11-4-5-12-31-13-6-14-32(16-15-31)25-19-34-26-18-21(28)9-10-22(25)26/h2-3,7-10,17-19H,4-6,11-16H2,1H3,(H,29,33). The number of hydrogen-bond donors (Lipinski definition) is 1. The number of fused-ring (bicyclic) bond motifs is 2. The molecule has 4 aromatic rings. The van der Waals surface area contributed by atoms with Gasteiger partial charge in [-0.25, -0.2) is 4.39 Å². The topological polar surface area (TPSA) is 40.5 Å². The lowest BCUT2D eigenvalue weighted by Gasteiger charge is -2.23. The molecule has 178 valence electrons. The molecule has 0 saturated carbocycles. The van der Waals surface area contributed by atoms with E-state index < -0.39 is 0 Å². The van der Waals surface area contributed by atoms with Gasteiger partial charge >= 0.3 is 0 Å². The van der Waals surface area contributed by atoms with Crippen molar-refractivity contribution >= 4 is 43.9 Å². The molecule has 0 radical (unpaired) electrons. The number of aryl methyl sites for hydroxylation is 1. The third-order valence-corrected chi connectivity index (χ3v) is 7.75. The molecule has 34 heavy (non-hydrogen) atoms. The average molecular weight is 479 g/mol. The number of carbonyl (C=O) groups is 1. The summed E-state index contributed by atoms with van der Waals surface area (Å²) in [6.07, 6.45) is 3.16. The van der Waals surface area contributed by atoms with Gasteiger partial charge in [0.25, 0.3) is 5.91 Å². The number of para-hydroxylation sites is 1. The van der Waals surface area contributed by atoms with Gasteiger partial charge in [-0.1, -0.05) is 18.2 Å². The van der Waals surface area contributed by atoms with E-state index in [4.69, 9.17) is 0 Å². The Morgan fingerprint density at radius 1 is 1.06 bits per heavy atom. The van der Waals surface area contributed by atoms with Crippen molar-refractivity contribution < 1.29 is 9.18 Å². The molecule has 1 aliphatic rings. The van der Waals surface area contributed by atoms with Crippen LogP contribution in [0.2, 0.25) is 0 Å². The van der Waals surface area contributed by atoms with E-state index >= 15 is 0 Å². The summed E-state index contributed by atoms with van der Waals surface area (Å²) < 4.78 is 16.5. The van der Waals surface area contributed by atoms with Crippen LogP contribution in [0.15, 0.2) is 53.9 Å². The fourth-order valence-corrected chi connectivity index (χ4v) is 5.92. The highest BCUT2D eigenvalue weighted by Gasteiger charge is 2.18. The van der Waals surface area contributed by atoms with Gasteiger partial charge < -0.3 is 19.7 Å². The minimum Gasteiger partial charge on any atom is -0.369 e. The first-order chi connectivity index (χ1) is 16.6. The van der Waals surface area contributed by atoms with E-state index in [0.717, 1.165) is 73.0 Å². The molecule has 0 bridgehead atoms. The van der Waals surface area contributed by atoms with Crippen molar-refractivity contribution in [1.82, 2.24) is 14.8 Å². The van der Waals surface area contributed by atoms with E-state index in [1.54, 1.807) is 23.5 Å². The average Bonchev–Trinajstić information content (AvgIpc) is 3.32. The van der Waals surface area contributed by atoms with Crippen molar-refractivity contribution in [3.05, 3.63) is 65.4 Å². The van der Waals surface area contributed by atoms with Crippen LogP contribution in [-0.2, 0) is 7.05 Å². The molecule has 3 heterocycles. The molecule has 7 heteroatoms. The molecule has 0 atom stereocenters. The SMILES string of the molecule is Cn1c(C(=O)NCCCCN2CCCN(c3csc4cc(F)ccc34)CC2)cc2ccccc21. The summed E-state index contributed by atoms with van der Waals surface area (Å²) in [4.78, 5) is 17.6. The Morgan fingerprint density at radius 3 is 2.82 bits per heavy atom. The Labute approximate surface area is 203 Å². The minimum atomic E-state index is -0.170. The lowest BCUT2D eigenvalue weighted by Crippen LogP contribution is -2.32. The van der Waals surface area contributed by atoms with Crippen LogP contribution in [0.5, 0.6) is 0 Å². The molecular weight excluding hydrogens is 447 g/mol. The van der Waals surface area contributed by atoms with Gasteiger partial charge in [0.05, 0.1) is 5.69 Å². The Balaban J connectivity index is 1.07. The van der Waals surface area contributed by atoms with Crippen molar-refractivity contribution in [1.29, 1.82) is 0 Å². The predicted molar refractivity (Wildman–Crippen MR) is 140 cm³/mol. The quantitative estimate of drug-likeness (QED) is 0.369. The van der Waals surface area contributed by atoms with Gasteiger partial charge in [0.1, 0.15) is 11.5 Å². The van der Waals surface area contributed by atoms with Gasteiger partial charge in [-0.15, -0.1) is 11.3 Å². The Kier molecular flexibility index (Phi) is 6.83. The summed E-state index contributed by atoms with van der Waals surface area (Å²) in [5.41, 5.74) is 3.01. The fraction of sp³-hybridized carbons (Fsp3) is 0.370. The molecule has 0 unspecified atom stereocenters. The number of hydrogen-bond acceptors (Lipinski definition) is 4. The zero-order valence-corrected chi connectivity index (χ0v) is 20.4. The van der Waals surface area contributed by atoms with Crippen LogP contribution in [0.1, 0.15) is 29.8 Å². The molecule has 1 saturated heterocycles. The van der Waals surface area contributed by atoms with E-state index in [9.17, 15) is 9.18 Å². The molecule has 2 aromatic heterocycles. The van der Waals surface area contributed by atoms with Gasteiger partial charge in [-0.2, -0.15) is 0 Å². The van der Waals surface area contributed by atoms with Crippen molar-refractivity contribution in [2.45, 2.75) is 19.3 Å². The number of aromatic nitrogens is 1. The highest BCUT2D eigenvalue weighted by Crippen LogP contribution is 2.34. The Hall–Kier alpha value is -2.90. The number of carbonyl (C=O) groups excluding carboxylic acids is 1. The highest BCUT2D eigenvalue weighted by molar-refractivity contribution is 7.17. The molecule has 1 fully saturated rings. The van der Waals surface area contributed by atoms with Gasteiger partial charge in [-0.3, -0.25) is 4.79 Å². The van der Waals surface area contributed by atoms with Gasteiger partial charge in [-0.05, 0) is 62.7 Å². The number of rotatable bonds is 7. The summed E-state index contributed by atoms with van der Waals surface area (Å²) >= 11 is 1.62. The van der Waals surface area contributed by atoms with Crippen LogP contribution in [-0.4, -0.2) is 54.6 Å². The summed E-state index contributed by atoms with van der Waals surface area (Å²) in [6, 6.07) is 15.1. The Morgan fingerprint density at radius 2 is 1.94 bits per heavy atom. The second-order valence-corrected chi connectivity index (χ2v) is 9.97. The lowest BCUT2D eigenvalue weighted by atomic mass is 10.2. The summed E-state index contributed by atoms with van der Waals surface area (Å²) in [5.74, 6) is -0.178. The van der Waals surface area contributed by atoms with E-state index in [2.05, 4.69) is 20.5 Å². The molecule has 5 nitrogen and oxygen atoms in total. The third-order valence-electron chi connectivity index (χ3n) is 6.82. The molecular formula is C27H31FN4OS. The number of unbranched alkanes of at least 4 members (excludes halogenated alkanes) is 1. The largest absolute Gasteiger partial charge is 0.369 e. The first-order valence-electron chi connectivity index (χ1n) is 12.1. The number of benzene rings is 2. The number of anilines is 1. The monoisotopic (exact) mass is 478 g/mol. The second kappa shape index (κ2) is 10.2. The van der Waals surface area contributed by atoms with Crippen molar-refractivity contribution in [2.24, 2.45) is 7.05 Å². The fourth-order valence-electron chi connectivity index (χ4n) is 4.93. The third kappa shape index (κ3) is 4.81. The highest BCUT2D eigenvalue weighted by atomic mass is 32.1. The minimum absolute atomic E-state index is 0.00742. The van der Waals surface area contributed by atoms with E-state index in [1.165, 1.54) is 5.69 Å². The maximum atomic E-state index is 13.5. The van der Waals surface area contributed by atoms with Crippen LogP contribution in [0.4, 0.5) is 10.1 Å². The molecule has 0 spiro atoms. The molecule has 1 N–H and O–H groups in total. The molecule has 2 aromatic carbocycles. The Bertz CT molecular complexity index is 1300. The van der Waals surface area contributed by atoms with Gasteiger partial charge in [0.2, 0.25) is 0 Å². The summed E-state index contributed by atoms with van der Waals surface area (Å²) in [5, 5.41) is 7.50. The zero-order chi connectivity index (χ0) is 23.5. The number of nitrogens with one attached hydrogen (secondary N) is 1. The van der Waals surface area contributed by atoms with Crippen LogP contribution in [0.3, 0.4) is 0 Å². The van der Waals surface area contributed by atoms with Crippen molar-refractivity contribution in [2.75, 3.05) is 44.2 Å². The number of amides is 1. The van der Waals surface area contributed by atoms with E-state index in [1.807, 2.05) is 48.0 Å². The molecule has 0 aliphatic carbocycles.